The molecule has 0 radical (unpaired) electrons. The van der Waals surface area contributed by atoms with Crippen LogP contribution in [0.3, 0.4) is 0 Å². The van der Waals surface area contributed by atoms with Crippen molar-refractivity contribution in [3.8, 4) is 0 Å². The molecule has 2 N–H and O–H groups in total. The minimum absolute atomic E-state index is 0.0720. The second-order valence-corrected chi connectivity index (χ2v) is 5.39. The molecule has 0 aliphatic carbocycles. The maximum atomic E-state index is 12.5. The summed E-state index contributed by atoms with van der Waals surface area (Å²) in [5.41, 5.74) is 2.75. The van der Waals surface area contributed by atoms with E-state index in [0.29, 0.717) is 18.7 Å². The Morgan fingerprint density at radius 2 is 2.24 bits per heavy atom. The van der Waals surface area contributed by atoms with Crippen LogP contribution in [-0.2, 0) is 4.79 Å². The molecule has 21 heavy (non-hydrogen) atoms. The van der Waals surface area contributed by atoms with E-state index in [1.165, 1.54) is 0 Å². The van der Waals surface area contributed by atoms with Gasteiger partial charge in [-0.3, -0.25) is 9.59 Å². The molecule has 2 amide bonds. The number of benzene rings is 1. The lowest BCUT2D eigenvalue weighted by Crippen LogP contribution is -2.37. The Hall–Kier alpha value is -2.04. The van der Waals surface area contributed by atoms with Crippen molar-refractivity contribution in [2.45, 2.75) is 26.7 Å². The second-order valence-electron chi connectivity index (χ2n) is 5.39. The van der Waals surface area contributed by atoms with Crippen LogP contribution in [0, 0.1) is 6.92 Å². The van der Waals surface area contributed by atoms with E-state index in [2.05, 4.69) is 17.6 Å². The number of carbonyl (C=O) groups is 2. The summed E-state index contributed by atoms with van der Waals surface area (Å²) in [6.45, 7) is 6.43. The smallest absolute Gasteiger partial charge is 0.254 e. The van der Waals surface area contributed by atoms with Gasteiger partial charge in [-0.15, -0.1) is 0 Å². The number of anilines is 1. The topological polar surface area (TPSA) is 61.4 Å². The summed E-state index contributed by atoms with van der Waals surface area (Å²) >= 11 is 0. The number of nitrogens with one attached hydrogen (secondary N) is 2. The highest BCUT2D eigenvalue weighted by atomic mass is 16.2. The number of hydrogen-bond acceptors (Lipinski definition) is 3. The number of aryl methyl sites for hydroxylation is 1. The summed E-state index contributed by atoms with van der Waals surface area (Å²) in [5.74, 6) is -0.156. The Kier molecular flexibility index (Phi) is 5.20. The van der Waals surface area contributed by atoms with Crippen LogP contribution in [0.25, 0.3) is 0 Å². The van der Waals surface area contributed by atoms with Crippen LogP contribution in [0.1, 0.15) is 35.7 Å². The van der Waals surface area contributed by atoms with Crippen LogP contribution in [-0.4, -0.2) is 42.9 Å². The molecule has 1 fully saturated rings. The number of amides is 2. The Labute approximate surface area is 125 Å². The van der Waals surface area contributed by atoms with E-state index >= 15 is 0 Å². The van der Waals surface area contributed by atoms with Crippen LogP contribution in [0.15, 0.2) is 18.2 Å². The van der Waals surface area contributed by atoms with Gasteiger partial charge in [-0.1, -0.05) is 6.92 Å². The Morgan fingerprint density at radius 3 is 2.95 bits per heavy atom. The van der Waals surface area contributed by atoms with Crippen molar-refractivity contribution in [1.82, 2.24) is 10.2 Å². The lowest BCUT2D eigenvalue weighted by molar-refractivity contribution is -0.121. The fourth-order valence-electron chi connectivity index (χ4n) is 2.42. The van der Waals surface area contributed by atoms with E-state index in [9.17, 15) is 9.59 Å². The Balaban J connectivity index is 2.11. The van der Waals surface area contributed by atoms with Gasteiger partial charge in [0.1, 0.15) is 0 Å². The molecule has 0 bridgehead atoms. The van der Waals surface area contributed by atoms with Gasteiger partial charge < -0.3 is 15.5 Å². The van der Waals surface area contributed by atoms with Crippen molar-refractivity contribution in [3.05, 3.63) is 29.3 Å². The Morgan fingerprint density at radius 1 is 1.43 bits per heavy atom. The van der Waals surface area contributed by atoms with Gasteiger partial charge in [-0.25, -0.2) is 0 Å². The van der Waals surface area contributed by atoms with Crippen LogP contribution >= 0.6 is 0 Å². The Bertz CT molecular complexity index is 528. The summed E-state index contributed by atoms with van der Waals surface area (Å²) in [5, 5.41) is 6.12. The molecule has 1 aromatic carbocycles. The molecule has 1 aromatic rings. The minimum Gasteiger partial charge on any atom is -0.385 e. The minimum atomic E-state index is -0.0844. The maximum Gasteiger partial charge on any atom is 0.254 e. The van der Waals surface area contributed by atoms with E-state index in [0.717, 1.165) is 30.6 Å². The van der Waals surface area contributed by atoms with Crippen molar-refractivity contribution in [2.24, 2.45) is 0 Å². The largest absolute Gasteiger partial charge is 0.385 e. The molecule has 2 rings (SSSR count). The molecule has 5 nitrogen and oxygen atoms in total. The van der Waals surface area contributed by atoms with E-state index < -0.39 is 0 Å². The van der Waals surface area contributed by atoms with Crippen molar-refractivity contribution in [2.75, 3.05) is 31.5 Å². The van der Waals surface area contributed by atoms with Crippen molar-refractivity contribution in [3.63, 3.8) is 0 Å². The first-order chi connectivity index (χ1) is 10.1. The number of nitrogens with zero attached hydrogens (tertiary/aromatic N) is 1. The fourth-order valence-corrected chi connectivity index (χ4v) is 2.42. The fraction of sp³-hybridized carbons (Fsp3) is 0.500. The predicted molar refractivity (Wildman–Crippen MR) is 83.5 cm³/mol. The quantitative estimate of drug-likeness (QED) is 0.888. The highest BCUT2D eigenvalue weighted by molar-refractivity contribution is 5.97. The van der Waals surface area contributed by atoms with E-state index in [-0.39, 0.29) is 18.4 Å². The number of hydrogen-bond donors (Lipinski definition) is 2. The first-order valence-corrected chi connectivity index (χ1v) is 7.52. The SMILES string of the molecule is CCCNc1ccc(C(=O)N2CCCNC(=O)C2)cc1C. The van der Waals surface area contributed by atoms with Crippen LogP contribution < -0.4 is 10.6 Å². The molecular weight excluding hydrogens is 266 g/mol. The molecular formula is C16H23N3O2. The summed E-state index contributed by atoms with van der Waals surface area (Å²) in [4.78, 5) is 25.7. The third-order valence-electron chi connectivity index (χ3n) is 3.59. The van der Waals surface area contributed by atoms with Crippen molar-refractivity contribution in [1.29, 1.82) is 0 Å². The maximum absolute atomic E-state index is 12.5. The van der Waals surface area contributed by atoms with Crippen LogP contribution in [0.5, 0.6) is 0 Å². The molecule has 0 spiro atoms. The number of rotatable bonds is 4. The zero-order chi connectivity index (χ0) is 15.2. The molecule has 0 saturated carbocycles. The third-order valence-corrected chi connectivity index (χ3v) is 3.59. The standard InChI is InChI=1S/C16H23N3O2/c1-3-7-17-14-6-5-13(10-12(14)2)16(21)19-9-4-8-18-15(20)11-19/h5-6,10,17H,3-4,7-9,11H2,1-2H3,(H,18,20). The normalized spacial score (nSPS) is 15.3. The average Bonchev–Trinajstić information content (AvgIpc) is 2.70. The molecule has 1 heterocycles. The molecule has 1 saturated heterocycles. The highest BCUT2D eigenvalue weighted by Crippen LogP contribution is 2.18. The average molecular weight is 289 g/mol. The lowest BCUT2D eigenvalue weighted by Gasteiger charge is -2.19. The van der Waals surface area contributed by atoms with Gasteiger partial charge in [0.05, 0.1) is 6.54 Å². The summed E-state index contributed by atoms with van der Waals surface area (Å²) in [6.07, 6.45) is 1.86. The molecule has 0 atom stereocenters. The van der Waals surface area contributed by atoms with E-state index in [1.807, 2.05) is 25.1 Å². The third kappa shape index (κ3) is 3.97. The molecule has 5 heteroatoms. The molecule has 1 aliphatic heterocycles. The zero-order valence-electron chi connectivity index (χ0n) is 12.7. The monoisotopic (exact) mass is 289 g/mol. The van der Waals surface area contributed by atoms with Gasteiger partial charge in [0.15, 0.2) is 0 Å². The van der Waals surface area contributed by atoms with Crippen molar-refractivity contribution >= 4 is 17.5 Å². The zero-order valence-corrected chi connectivity index (χ0v) is 12.7. The molecule has 0 aromatic heterocycles. The number of carbonyl (C=O) groups excluding carboxylic acids is 2. The van der Waals surface area contributed by atoms with Gasteiger partial charge in [0.25, 0.3) is 5.91 Å². The predicted octanol–water partition coefficient (Wildman–Crippen LogP) is 1.78. The van der Waals surface area contributed by atoms with Crippen LogP contribution in [0.2, 0.25) is 0 Å². The summed E-state index contributed by atoms with van der Waals surface area (Å²) in [7, 11) is 0. The highest BCUT2D eigenvalue weighted by Gasteiger charge is 2.21. The van der Waals surface area contributed by atoms with Gasteiger partial charge in [0.2, 0.25) is 5.91 Å². The summed E-state index contributed by atoms with van der Waals surface area (Å²) in [6, 6.07) is 5.66. The van der Waals surface area contributed by atoms with Gasteiger partial charge in [-0.2, -0.15) is 0 Å². The first kappa shape index (κ1) is 15.4. The van der Waals surface area contributed by atoms with E-state index in [4.69, 9.17) is 0 Å². The van der Waals surface area contributed by atoms with E-state index in [1.54, 1.807) is 4.90 Å². The van der Waals surface area contributed by atoms with Gasteiger partial charge in [0, 0.05) is 30.9 Å². The summed E-state index contributed by atoms with van der Waals surface area (Å²) < 4.78 is 0. The molecule has 0 unspecified atom stereocenters. The van der Waals surface area contributed by atoms with Crippen LogP contribution in [0.4, 0.5) is 5.69 Å². The van der Waals surface area contributed by atoms with Gasteiger partial charge >= 0.3 is 0 Å². The molecule has 1 aliphatic rings. The van der Waals surface area contributed by atoms with Gasteiger partial charge in [-0.05, 0) is 43.5 Å². The van der Waals surface area contributed by atoms with Crippen molar-refractivity contribution < 1.29 is 9.59 Å². The molecule has 114 valence electrons. The second kappa shape index (κ2) is 7.11. The lowest BCUT2D eigenvalue weighted by atomic mass is 10.1. The first-order valence-electron chi connectivity index (χ1n) is 7.52.